The summed E-state index contributed by atoms with van der Waals surface area (Å²) in [6.07, 6.45) is 21.6. The number of hydrogen-bond acceptors (Lipinski definition) is 25. The summed E-state index contributed by atoms with van der Waals surface area (Å²) < 4.78 is 32.9. The Morgan fingerprint density at radius 1 is 0.449 bits per heavy atom. The number of likely N-dealkylation sites (N-methyl/N-ethyl adjacent to an activating group) is 2. The fourth-order valence-corrected chi connectivity index (χ4v) is 18.2. The van der Waals surface area contributed by atoms with E-state index in [0.29, 0.717) is 19.6 Å². The van der Waals surface area contributed by atoms with Crippen molar-refractivity contribution in [1.82, 2.24) is 56.0 Å². The molecule has 13 fully saturated rings. The van der Waals surface area contributed by atoms with E-state index in [2.05, 4.69) is 38.4 Å². The molecule has 107 heavy (non-hydrogen) atoms. The van der Waals surface area contributed by atoms with Gasteiger partial charge in [-0.2, -0.15) is 0 Å². The fraction of sp³-hybridized carbons (Fsp3) is 0.763. The van der Waals surface area contributed by atoms with Gasteiger partial charge in [-0.25, -0.2) is 0 Å². The number of piperidine rings is 3. The number of carboxylic acid groups (broad SMARTS) is 2. The first-order valence-corrected chi connectivity index (χ1v) is 39.4. The number of carbonyl (C=O) groups excluding carboxylic acids is 9. The summed E-state index contributed by atoms with van der Waals surface area (Å²) in [7, 11) is 5.21. The standard InChI is InChI=1S/C14H20N2O4.C14H19NO4.C13H19NO3S.C13H17NO3S.C12H20N2O4.2C4H10N2.2CH3/c1-2-15-5-7-16(8-6-15)13(17)11-9-3-4-10(20-9)12(11)14(18)19;1-18-14(17)12-10-6-5-9(19-10)11(12)13(16)15-7-3-2-4-8-15;2*15-12(14-6-2-1-3-7-14)10-8-4-5-9(17-8)11(10)13(16)18;1-14(2)6-5-13-11(15)9-7-3-4-8(18-7)10(9)12(16)17;2*1-2-6-4-3-5-1;;/h3-4,9-12H,2,5-8H2,1H3,(H,18,19);5-6,9-12H,2-4,7-8H2,1H3;8-11H,1-7H2,(H,16,18);4-5,8-11H,1-3,6-7H2,(H,16,18);7-10H,3-6H2,1-2H3,(H,13,15)(H,16,17);2*5-6H,1-4H2;2*1H3/q;;;;;;;2*+1/p-3/t2*9-,10+,11?,12?;2*8-,9+,10?,11?;7-,8+,9?,10?;;;;/m00000..../s1. The van der Waals surface area contributed by atoms with Gasteiger partial charge in [-0.05, 0) is 104 Å². The van der Waals surface area contributed by atoms with Crippen LogP contribution in [0.15, 0.2) is 36.5 Å². The topological polar surface area (TPSA) is 349 Å². The maximum atomic E-state index is 12.6. The number of carbonyl (C=O) groups is 10. The number of likely N-dealkylation sites (tertiary alicyclic amines) is 3. The minimum atomic E-state index is -1.19. The Morgan fingerprint density at radius 2 is 0.776 bits per heavy atom. The average molecular weight is 1540 g/mol. The molecule has 0 aliphatic carbocycles. The fourth-order valence-electron chi connectivity index (χ4n) is 17.6. The zero-order valence-corrected chi connectivity index (χ0v) is 65.1. The van der Waals surface area contributed by atoms with E-state index in [9.17, 15) is 58.2 Å². The molecule has 0 aromatic heterocycles. The van der Waals surface area contributed by atoms with Crippen molar-refractivity contribution < 1.29 is 86.6 Å². The largest absolute Gasteiger partial charge is 0.742 e. The van der Waals surface area contributed by atoms with E-state index in [0.717, 1.165) is 182 Å². The molecule has 10 bridgehead atoms. The van der Waals surface area contributed by atoms with Crippen molar-refractivity contribution in [3.8, 4) is 0 Å². The summed E-state index contributed by atoms with van der Waals surface area (Å²) in [5.41, 5.74) is 0. The maximum Gasteiger partial charge on any atom is 0.312 e. The van der Waals surface area contributed by atoms with Gasteiger partial charge in [0.05, 0.1) is 104 Å². The van der Waals surface area contributed by atoms with Gasteiger partial charge in [0.2, 0.25) is 29.5 Å². The molecule has 16 aliphatic heterocycles. The van der Waals surface area contributed by atoms with Gasteiger partial charge in [0.1, 0.15) is 5.92 Å². The second-order valence-electron chi connectivity index (χ2n) is 30.0. The molecule has 5 amide bonds. The molecule has 13 saturated heterocycles. The van der Waals surface area contributed by atoms with E-state index in [4.69, 9.17) is 53.7 Å². The van der Waals surface area contributed by atoms with Crippen molar-refractivity contribution in [2.75, 3.05) is 159 Å². The van der Waals surface area contributed by atoms with Crippen LogP contribution in [0.2, 0.25) is 0 Å². The van der Waals surface area contributed by atoms with Gasteiger partial charge < -0.3 is 134 Å². The lowest BCUT2D eigenvalue weighted by Gasteiger charge is -2.37. The highest BCUT2D eigenvalue weighted by Crippen LogP contribution is 2.47. The zero-order valence-electron chi connectivity index (χ0n) is 63.4. The SMILES string of the molecule is C1CNCCN1.C1CNCCN1.CCN1CCN(C(=O)C2C(C(=O)[O-])[C@H]3C=C[C@@H]2O3)CC1.CN(C)CCNC(=O)C1C(C(=O)O)[C@H]2CC[C@@H]1O2.COC(=O)C1C(C(=O)N2CCCCC2)[C@@H]2C=C[C@H]1O2.O=C([S-])C1C(C(=O)N2CCCCC2)[C@@H]2C=C[C@H]1O2.O=C([S-])C1C(C(=O)N2CCCCC2)[C@@H]2CC[C@H]1O2.[CH3+].[CH3+]. The number of carboxylic acids is 2. The Kier molecular flexibility index (Phi) is 33.9. The van der Waals surface area contributed by atoms with Crippen LogP contribution in [-0.4, -0.2) is 312 Å². The van der Waals surface area contributed by atoms with Gasteiger partial charge in [-0.1, -0.05) is 43.4 Å². The summed E-state index contributed by atoms with van der Waals surface area (Å²) in [4.78, 5) is 132. The number of piperazine rings is 3. The van der Waals surface area contributed by atoms with Crippen LogP contribution >= 0.6 is 0 Å². The van der Waals surface area contributed by atoms with Crippen molar-refractivity contribution in [2.24, 2.45) is 59.2 Å². The summed E-state index contributed by atoms with van der Waals surface area (Å²) in [5.74, 6) is -7.59. The molecular formula is C76H118N11O18S2-. The van der Waals surface area contributed by atoms with Gasteiger partial charge in [0.25, 0.3) is 0 Å². The molecule has 0 radical (unpaired) electrons. The average Bonchev–Trinajstić information content (AvgIpc) is 1.65. The number of ether oxygens (including phenoxy) is 6. The Bertz CT molecular complexity index is 3030. The zero-order chi connectivity index (χ0) is 74.8. The predicted molar refractivity (Wildman–Crippen MR) is 399 cm³/mol. The maximum absolute atomic E-state index is 12.6. The van der Waals surface area contributed by atoms with Crippen LogP contribution in [0, 0.1) is 74.0 Å². The van der Waals surface area contributed by atoms with Crippen molar-refractivity contribution in [3.05, 3.63) is 51.3 Å². The molecule has 29 nitrogen and oxygen atoms in total. The number of fused-ring (bicyclic) bond motifs is 10. The molecule has 0 aromatic rings. The lowest BCUT2D eigenvalue weighted by atomic mass is 9.79. The number of esters is 1. The first kappa shape index (κ1) is 86.7. The monoisotopic (exact) mass is 1540 g/mol. The first-order valence-electron chi connectivity index (χ1n) is 38.6. The second-order valence-corrected chi connectivity index (χ2v) is 30.8. The quantitative estimate of drug-likeness (QED) is 0.0554. The molecule has 6 N–H and O–H groups in total. The highest BCUT2D eigenvalue weighted by atomic mass is 32.1. The highest BCUT2D eigenvalue weighted by molar-refractivity contribution is 7.77. The van der Waals surface area contributed by atoms with Gasteiger partial charge in [-0.15, -0.1) is 0 Å². The molecule has 598 valence electrons. The minimum absolute atomic E-state index is 0. The molecule has 0 aromatic carbocycles. The van der Waals surface area contributed by atoms with E-state index < -0.39 is 65.6 Å². The number of amides is 5. The van der Waals surface area contributed by atoms with E-state index in [1.165, 1.54) is 26.4 Å². The predicted octanol–water partition coefficient (Wildman–Crippen LogP) is -0.479. The molecular weight excluding hydrogens is 1420 g/mol. The molecule has 10 unspecified atom stereocenters. The molecule has 16 aliphatic rings. The van der Waals surface area contributed by atoms with Crippen LogP contribution in [0.25, 0.3) is 0 Å². The third-order valence-corrected chi connectivity index (χ3v) is 23.7. The number of hydrogen-bond donors (Lipinski definition) is 6. The summed E-state index contributed by atoms with van der Waals surface area (Å²) in [6.45, 7) is 21.3. The summed E-state index contributed by atoms with van der Waals surface area (Å²) >= 11 is 9.59. The van der Waals surface area contributed by atoms with Gasteiger partial charge in [0.15, 0.2) is 0 Å². The lowest BCUT2D eigenvalue weighted by molar-refractivity contribution is -0.313. The minimum Gasteiger partial charge on any atom is -0.742 e. The Hall–Kier alpha value is -5.94. The van der Waals surface area contributed by atoms with Crippen LogP contribution in [-0.2, 0) is 102 Å². The van der Waals surface area contributed by atoms with E-state index in [-0.39, 0.29) is 127 Å². The van der Waals surface area contributed by atoms with Gasteiger partial charge >= 0.3 is 11.9 Å². The number of methoxy groups -OCH3 is 1. The second kappa shape index (κ2) is 41.9. The van der Waals surface area contributed by atoms with Gasteiger partial charge in [-0.3, -0.25) is 33.6 Å². The highest BCUT2D eigenvalue weighted by Gasteiger charge is 2.58. The third kappa shape index (κ3) is 21.6. The van der Waals surface area contributed by atoms with Crippen molar-refractivity contribution in [2.45, 2.75) is 151 Å². The molecule has 16 rings (SSSR count). The van der Waals surface area contributed by atoms with E-state index >= 15 is 0 Å². The van der Waals surface area contributed by atoms with E-state index in [1.54, 1.807) is 17.1 Å². The van der Waals surface area contributed by atoms with Crippen LogP contribution in [0.3, 0.4) is 0 Å². The summed E-state index contributed by atoms with van der Waals surface area (Å²) in [6, 6.07) is 0. The number of nitrogens with one attached hydrogen (secondary N) is 5. The lowest BCUT2D eigenvalue weighted by Crippen LogP contribution is -2.53. The number of aliphatic carboxylic acids is 2. The summed E-state index contributed by atoms with van der Waals surface area (Å²) in [5, 5.41) is 35.5. The molecule has 16 heterocycles. The molecule has 0 spiro atoms. The first-order chi connectivity index (χ1) is 50.7. The Morgan fingerprint density at radius 3 is 1.13 bits per heavy atom. The van der Waals surface area contributed by atoms with Crippen molar-refractivity contribution in [3.63, 3.8) is 0 Å². The molecule has 20 atom stereocenters. The van der Waals surface area contributed by atoms with E-state index in [1.807, 2.05) is 58.0 Å². The Labute approximate surface area is 642 Å². The molecule has 0 saturated carbocycles. The number of nitrogens with zero attached hydrogens (tertiary/aromatic N) is 6. The molecule has 31 heteroatoms. The Balaban J connectivity index is 0.000000161. The smallest absolute Gasteiger partial charge is 0.312 e. The van der Waals surface area contributed by atoms with Crippen LogP contribution < -0.4 is 31.7 Å². The van der Waals surface area contributed by atoms with Crippen LogP contribution in [0.1, 0.15) is 90.4 Å². The van der Waals surface area contributed by atoms with Crippen LogP contribution in [0.4, 0.5) is 0 Å². The van der Waals surface area contributed by atoms with Crippen LogP contribution in [0.5, 0.6) is 0 Å². The number of rotatable bonds is 14. The van der Waals surface area contributed by atoms with Gasteiger partial charge in [0, 0.05) is 180 Å². The van der Waals surface area contributed by atoms with Crippen molar-refractivity contribution in [1.29, 1.82) is 0 Å². The van der Waals surface area contributed by atoms with Crippen molar-refractivity contribution >= 4 is 82.9 Å². The third-order valence-electron chi connectivity index (χ3n) is 23.2. The normalized spacial score (nSPS) is 34.7.